The molecule has 1 saturated heterocycles. The minimum Gasteiger partial charge on any atom is -0.488 e. The van der Waals surface area contributed by atoms with E-state index < -0.39 is 0 Å². The highest BCUT2D eigenvalue weighted by Crippen LogP contribution is 2.23. The first-order chi connectivity index (χ1) is 6.45. The van der Waals surface area contributed by atoms with Gasteiger partial charge in [0.25, 0.3) is 0 Å². The van der Waals surface area contributed by atoms with Crippen molar-refractivity contribution in [2.45, 2.75) is 12.8 Å². The van der Waals surface area contributed by atoms with Crippen molar-refractivity contribution in [2.24, 2.45) is 5.92 Å². The van der Waals surface area contributed by atoms with Gasteiger partial charge in [-0.25, -0.2) is 0 Å². The maximum atomic E-state index is 5.52. The molecule has 2 heterocycles. The van der Waals surface area contributed by atoms with E-state index in [-0.39, 0.29) is 0 Å². The molecule has 0 unspecified atom stereocenters. The Kier molecular flexibility index (Phi) is 3.13. The van der Waals surface area contributed by atoms with Crippen LogP contribution < -0.4 is 4.74 Å². The van der Waals surface area contributed by atoms with E-state index in [9.17, 15) is 0 Å². The van der Waals surface area contributed by atoms with Crippen LogP contribution in [0.2, 0.25) is 0 Å². The average Bonchev–Trinajstić information content (AvgIpc) is 2.69. The van der Waals surface area contributed by atoms with Crippen LogP contribution in [-0.2, 0) is 0 Å². The second-order valence-corrected chi connectivity index (χ2v) is 4.45. The molecule has 1 fully saturated rings. The van der Waals surface area contributed by atoms with Crippen molar-refractivity contribution in [3.05, 3.63) is 12.5 Å². The Morgan fingerprint density at radius 1 is 1.54 bits per heavy atom. The molecule has 0 aliphatic carbocycles. The van der Waals surface area contributed by atoms with Crippen molar-refractivity contribution in [1.82, 2.24) is 5.16 Å². The summed E-state index contributed by atoms with van der Waals surface area (Å²) in [6.07, 6.45) is 5.70. The summed E-state index contributed by atoms with van der Waals surface area (Å²) in [5, 5.41) is 3.58. The van der Waals surface area contributed by atoms with Crippen molar-refractivity contribution < 1.29 is 9.26 Å². The summed E-state index contributed by atoms with van der Waals surface area (Å²) < 4.78 is 10.2. The molecule has 0 bridgehead atoms. The molecule has 0 spiro atoms. The molecule has 0 radical (unpaired) electrons. The molecule has 1 aliphatic heterocycles. The molecule has 0 N–H and O–H groups in total. The molecule has 0 atom stereocenters. The van der Waals surface area contributed by atoms with Crippen LogP contribution in [-0.4, -0.2) is 23.3 Å². The predicted molar refractivity (Wildman–Crippen MR) is 52.0 cm³/mol. The lowest BCUT2D eigenvalue weighted by Gasteiger charge is -2.20. The van der Waals surface area contributed by atoms with Gasteiger partial charge in [0, 0.05) is 0 Å². The first-order valence-electron chi connectivity index (χ1n) is 4.55. The van der Waals surface area contributed by atoms with Gasteiger partial charge in [0.15, 0.2) is 12.0 Å². The molecule has 72 valence electrons. The van der Waals surface area contributed by atoms with Gasteiger partial charge in [0.1, 0.15) is 6.20 Å². The Morgan fingerprint density at radius 2 is 2.38 bits per heavy atom. The topological polar surface area (TPSA) is 35.3 Å². The van der Waals surface area contributed by atoms with E-state index in [1.807, 2.05) is 11.8 Å². The number of hydrogen-bond donors (Lipinski definition) is 0. The van der Waals surface area contributed by atoms with Crippen LogP contribution >= 0.6 is 11.8 Å². The third-order valence-electron chi connectivity index (χ3n) is 2.24. The lowest BCUT2D eigenvalue weighted by atomic mass is 10.0. The first-order valence-corrected chi connectivity index (χ1v) is 5.70. The zero-order valence-electron chi connectivity index (χ0n) is 7.44. The van der Waals surface area contributed by atoms with E-state index in [1.165, 1.54) is 30.6 Å². The molecule has 1 aliphatic rings. The van der Waals surface area contributed by atoms with Crippen molar-refractivity contribution in [3.8, 4) is 5.75 Å². The van der Waals surface area contributed by atoms with Gasteiger partial charge >= 0.3 is 0 Å². The number of hydrogen-bond acceptors (Lipinski definition) is 4. The molecular formula is C9H13NO2S. The summed E-state index contributed by atoms with van der Waals surface area (Å²) in [4.78, 5) is 0. The van der Waals surface area contributed by atoms with Crippen LogP contribution in [0.1, 0.15) is 12.8 Å². The zero-order valence-corrected chi connectivity index (χ0v) is 8.26. The summed E-state index contributed by atoms with van der Waals surface area (Å²) >= 11 is 2.04. The Hall–Kier alpha value is -0.640. The SMILES string of the molecule is c1nocc1OCC1CCSCC1. The molecule has 0 aromatic carbocycles. The Balaban J connectivity index is 1.72. The van der Waals surface area contributed by atoms with Gasteiger partial charge in [-0.2, -0.15) is 11.8 Å². The van der Waals surface area contributed by atoms with Gasteiger partial charge in [-0.05, 0) is 30.3 Å². The smallest absolute Gasteiger partial charge is 0.178 e. The van der Waals surface area contributed by atoms with E-state index in [4.69, 9.17) is 4.74 Å². The first kappa shape index (κ1) is 8.94. The number of ether oxygens (including phenoxy) is 1. The normalized spacial score (nSPS) is 18.8. The van der Waals surface area contributed by atoms with E-state index in [0.717, 1.165) is 18.3 Å². The Labute approximate surface area is 81.8 Å². The summed E-state index contributed by atoms with van der Waals surface area (Å²) in [5.41, 5.74) is 0. The van der Waals surface area contributed by atoms with E-state index in [0.29, 0.717) is 0 Å². The maximum absolute atomic E-state index is 5.52. The Bertz CT molecular complexity index is 232. The summed E-state index contributed by atoms with van der Waals surface area (Å²) in [6.45, 7) is 0.807. The van der Waals surface area contributed by atoms with Crippen LogP contribution in [0.3, 0.4) is 0 Å². The van der Waals surface area contributed by atoms with Crippen LogP contribution in [0, 0.1) is 5.92 Å². The third-order valence-corrected chi connectivity index (χ3v) is 3.28. The Morgan fingerprint density at radius 3 is 3.08 bits per heavy atom. The fourth-order valence-corrected chi connectivity index (χ4v) is 2.60. The van der Waals surface area contributed by atoms with E-state index in [2.05, 4.69) is 9.68 Å². The van der Waals surface area contributed by atoms with Gasteiger partial charge in [-0.3, -0.25) is 0 Å². The summed E-state index contributed by atoms with van der Waals surface area (Å²) in [6, 6.07) is 0. The van der Waals surface area contributed by atoms with Gasteiger partial charge in [0.2, 0.25) is 0 Å². The molecule has 0 amide bonds. The van der Waals surface area contributed by atoms with Crippen LogP contribution in [0.15, 0.2) is 17.0 Å². The van der Waals surface area contributed by atoms with E-state index in [1.54, 1.807) is 6.20 Å². The second-order valence-electron chi connectivity index (χ2n) is 3.23. The third kappa shape index (κ3) is 2.66. The van der Waals surface area contributed by atoms with Crippen LogP contribution in [0.4, 0.5) is 0 Å². The number of nitrogens with zero attached hydrogens (tertiary/aromatic N) is 1. The zero-order chi connectivity index (χ0) is 8.93. The monoisotopic (exact) mass is 199 g/mol. The predicted octanol–water partition coefficient (Wildman–Crippen LogP) is 2.20. The van der Waals surface area contributed by atoms with Crippen molar-refractivity contribution in [1.29, 1.82) is 0 Å². The minimum atomic E-state index is 0.719. The van der Waals surface area contributed by atoms with Crippen molar-refractivity contribution in [3.63, 3.8) is 0 Å². The standard InChI is InChI=1S/C9H13NO2S/c1-3-13-4-2-8(1)6-11-9-5-10-12-7-9/h5,7-8H,1-4,6H2. The molecule has 4 heteroatoms. The molecular weight excluding hydrogens is 186 g/mol. The molecule has 13 heavy (non-hydrogen) atoms. The largest absolute Gasteiger partial charge is 0.488 e. The lowest BCUT2D eigenvalue weighted by molar-refractivity contribution is 0.238. The molecule has 0 saturated carbocycles. The lowest BCUT2D eigenvalue weighted by Crippen LogP contribution is -2.17. The fourth-order valence-electron chi connectivity index (χ4n) is 1.39. The number of rotatable bonds is 3. The maximum Gasteiger partial charge on any atom is 0.178 e. The van der Waals surface area contributed by atoms with Gasteiger partial charge in [-0.1, -0.05) is 5.16 Å². The summed E-state index contributed by atoms with van der Waals surface area (Å²) in [5.74, 6) is 4.02. The average molecular weight is 199 g/mol. The van der Waals surface area contributed by atoms with Gasteiger partial charge in [0.05, 0.1) is 6.61 Å². The highest BCUT2D eigenvalue weighted by Gasteiger charge is 2.14. The molecule has 3 nitrogen and oxygen atoms in total. The molecule has 1 aromatic heterocycles. The van der Waals surface area contributed by atoms with Crippen LogP contribution in [0.25, 0.3) is 0 Å². The summed E-state index contributed by atoms with van der Waals surface area (Å²) in [7, 11) is 0. The van der Waals surface area contributed by atoms with Crippen molar-refractivity contribution >= 4 is 11.8 Å². The van der Waals surface area contributed by atoms with Gasteiger partial charge < -0.3 is 9.26 Å². The highest BCUT2D eigenvalue weighted by atomic mass is 32.2. The number of aromatic nitrogens is 1. The number of thioether (sulfide) groups is 1. The second kappa shape index (κ2) is 4.56. The van der Waals surface area contributed by atoms with Crippen molar-refractivity contribution in [2.75, 3.05) is 18.1 Å². The minimum absolute atomic E-state index is 0.719. The quantitative estimate of drug-likeness (QED) is 0.747. The van der Waals surface area contributed by atoms with Crippen LogP contribution in [0.5, 0.6) is 5.75 Å². The highest BCUT2D eigenvalue weighted by molar-refractivity contribution is 7.99. The fraction of sp³-hybridized carbons (Fsp3) is 0.667. The molecule has 2 rings (SSSR count). The molecule has 1 aromatic rings. The van der Waals surface area contributed by atoms with E-state index >= 15 is 0 Å². The van der Waals surface area contributed by atoms with Gasteiger partial charge in [-0.15, -0.1) is 0 Å².